The van der Waals surface area contributed by atoms with Crippen molar-refractivity contribution in [3.05, 3.63) is 57.5 Å². The van der Waals surface area contributed by atoms with Crippen LogP contribution in [0.4, 0.5) is 5.95 Å². The number of aliphatic hydroxyl groups is 2. The predicted octanol–water partition coefficient (Wildman–Crippen LogP) is 1.21. The minimum atomic E-state index is -3.66. The van der Waals surface area contributed by atoms with Crippen LogP contribution in [0.1, 0.15) is 27.0 Å². The number of para-hydroxylation sites is 1. The number of ether oxygens (including phenoxy) is 2. The molecule has 0 radical (unpaired) electrons. The Labute approximate surface area is 237 Å². The molecule has 19 heteroatoms. The highest BCUT2D eigenvalue weighted by Gasteiger charge is 2.56. The van der Waals surface area contributed by atoms with Gasteiger partial charge in [0.1, 0.15) is 24.0 Å². The summed E-state index contributed by atoms with van der Waals surface area (Å²) in [7, 11) is 0. The number of carbonyl (C=O) groups excluding carboxylic acids is 1. The summed E-state index contributed by atoms with van der Waals surface area (Å²) in [6.45, 7) is 0.486. The maximum Gasteiger partial charge on any atom is 0.323 e. The van der Waals surface area contributed by atoms with Crippen LogP contribution in [0.2, 0.25) is 0 Å². The van der Waals surface area contributed by atoms with Gasteiger partial charge in [-0.2, -0.15) is 4.98 Å². The number of hydrogen-bond donors (Lipinski definition) is 5. The molecule has 0 aliphatic carbocycles. The Kier molecular flexibility index (Phi) is 8.96. The number of benzene rings is 1. The summed E-state index contributed by atoms with van der Waals surface area (Å²) in [6.07, 6.45) is -4.27. The number of nitrogen functional groups attached to an aromatic ring is 1. The number of aromatic nitrogens is 4. The molecule has 1 unspecified atom stereocenters. The Balaban J connectivity index is 1.64. The second-order valence-corrected chi connectivity index (χ2v) is 12.4. The molecule has 0 amide bonds. The lowest BCUT2D eigenvalue weighted by atomic mass is 10.1. The average molecular weight is 610 g/mol. The number of imidazole rings is 1. The molecule has 1 aliphatic rings. The third-order valence-corrected chi connectivity index (χ3v) is 8.29. The second-order valence-electron chi connectivity index (χ2n) is 9.26. The van der Waals surface area contributed by atoms with E-state index in [-0.39, 0.29) is 17.1 Å². The van der Waals surface area contributed by atoms with Gasteiger partial charge < -0.3 is 34.5 Å². The summed E-state index contributed by atoms with van der Waals surface area (Å²) in [6, 6.07) is 7.37. The SMILES string of the molecule is CC(C)OC(=O)[C@H](C)NP(=S)(OC[C@]1(N=[N+]=[N-])O[C@H](n2cnc3c(=O)[nH]c(N)nc32)[C@@H](O)[C@H]1O)Oc1ccccc1. The van der Waals surface area contributed by atoms with Crippen molar-refractivity contribution in [2.45, 2.75) is 57.1 Å². The molecule has 1 aliphatic heterocycles. The first-order valence-corrected chi connectivity index (χ1v) is 14.8. The number of aromatic amines is 1. The van der Waals surface area contributed by atoms with E-state index in [0.29, 0.717) is 5.75 Å². The fourth-order valence-electron chi connectivity index (χ4n) is 3.94. The molecule has 0 saturated carbocycles. The number of nitrogens with zero attached hydrogens (tertiary/aromatic N) is 6. The first-order chi connectivity index (χ1) is 19.4. The van der Waals surface area contributed by atoms with Gasteiger partial charge in [-0.15, -0.1) is 0 Å². The summed E-state index contributed by atoms with van der Waals surface area (Å²) < 4.78 is 24.1. The van der Waals surface area contributed by atoms with E-state index in [9.17, 15) is 25.3 Å². The number of fused-ring (bicyclic) bond motifs is 1. The van der Waals surface area contributed by atoms with E-state index in [2.05, 4.69) is 30.1 Å². The zero-order valence-corrected chi connectivity index (χ0v) is 23.7. The maximum absolute atomic E-state index is 12.5. The van der Waals surface area contributed by atoms with Gasteiger partial charge in [-0.05, 0) is 50.2 Å². The van der Waals surface area contributed by atoms with Crippen LogP contribution in [0.5, 0.6) is 5.75 Å². The predicted molar refractivity (Wildman–Crippen MR) is 148 cm³/mol. The number of nitrogens with one attached hydrogen (secondary N) is 2. The zero-order valence-electron chi connectivity index (χ0n) is 22.0. The van der Waals surface area contributed by atoms with Crippen LogP contribution in [0.3, 0.4) is 0 Å². The highest BCUT2D eigenvalue weighted by molar-refractivity contribution is 8.09. The highest BCUT2D eigenvalue weighted by Crippen LogP contribution is 2.48. The number of anilines is 1. The van der Waals surface area contributed by atoms with Gasteiger partial charge in [-0.25, -0.2) is 10.1 Å². The van der Waals surface area contributed by atoms with Crippen LogP contribution in [0.25, 0.3) is 21.6 Å². The fourth-order valence-corrected chi connectivity index (χ4v) is 6.34. The van der Waals surface area contributed by atoms with E-state index in [1.165, 1.54) is 6.92 Å². The zero-order chi connectivity index (χ0) is 29.9. The minimum Gasteiger partial charge on any atom is -0.462 e. The minimum absolute atomic E-state index is 0.0585. The Hall–Kier alpha value is -3.60. The number of rotatable bonds is 11. The number of hydrogen-bond acceptors (Lipinski definition) is 13. The lowest BCUT2D eigenvalue weighted by molar-refractivity contribution is -0.149. The molecule has 3 aromatic rings. The third-order valence-electron chi connectivity index (χ3n) is 5.81. The number of aliphatic hydroxyl groups excluding tert-OH is 2. The third kappa shape index (κ3) is 6.50. The van der Waals surface area contributed by atoms with Gasteiger partial charge in [0.2, 0.25) is 11.7 Å². The lowest BCUT2D eigenvalue weighted by Gasteiger charge is -2.31. The molecular weight excluding hydrogens is 581 g/mol. The second kappa shape index (κ2) is 12.1. The fraction of sp³-hybridized carbons (Fsp3) is 0.455. The summed E-state index contributed by atoms with van der Waals surface area (Å²) in [5.74, 6) is -0.548. The molecule has 41 heavy (non-hydrogen) atoms. The molecule has 6 N–H and O–H groups in total. The molecule has 4 rings (SSSR count). The van der Waals surface area contributed by atoms with E-state index in [1.807, 2.05) is 0 Å². The van der Waals surface area contributed by atoms with Gasteiger partial charge in [-0.1, -0.05) is 23.3 Å². The van der Waals surface area contributed by atoms with Crippen LogP contribution in [0.15, 0.2) is 46.6 Å². The molecule has 1 fully saturated rings. The molecular formula is C22H28N9O8PS. The summed E-state index contributed by atoms with van der Waals surface area (Å²) in [5, 5.41) is 28.4. The van der Waals surface area contributed by atoms with Gasteiger partial charge in [-0.3, -0.25) is 19.1 Å². The van der Waals surface area contributed by atoms with Gasteiger partial charge in [0.05, 0.1) is 19.0 Å². The number of esters is 1. The lowest BCUT2D eigenvalue weighted by Crippen LogP contribution is -2.45. The van der Waals surface area contributed by atoms with Gasteiger partial charge in [0, 0.05) is 4.91 Å². The van der Waals surface area contributed by atoms with Crippen LogP contribution in [0, 0.1) is 0 Å². The van der Waals surface area contributed by atoms with Crippen molar-refractivity contribution in [1.82, 2.24) is 24.6 Å². The van der Waals surface area contributed by atoms with Crippen LogP contribution in [-0.2, 0) is 30.6 Å². The average Bonchev–Trinajstić information content (AvgIpc) is 3.43. The summed E-state index contributed by atoms with van der Waals surface area (Å²) in [5.41, 5.74) is 11.9. The smallest absolute Gasteiger partial charge is 0.323 e. The van der Waals surface area contributed by atoms with Crippen molar-refractivity contribution in [1.29, 1.82) is 0 Å². The molecule has 3 heterocycles. The maximum atomic E-state index is 12.5. The van der Waals surface area contributed by atoms with E-state index < -0.39 is 61.1 Å². The molecule has 220 valence electrons. The molecule has 2 aromatic heterocycles. The monoisotopic (exact) mass is 609 g/mol. The van der Waals surface area contributed by atoms with E-state index in [4.69, 9.17) is 36.1 Å². The number of carbonyl (C=O) groups is 1. The van der Waals surface area contributed by atoms with Gasteiger partial charge in [0.25, 0.3) is 5.56 Å². The first kappa shape index (κ1) is 30.4. The van der Waals surface area contributed by atoms with Crippen molar-refractivity contribution in [2.75, 3.05) is 12.3 Å². The Bertz CT molecular complexity index is 1560. The quantitative estimate of drug-likeness (QED) is 0.0675. The van der Waals surface area contributed by atoms with Gasteiger partial charge >= 0.3 is 12.6 Å². The van der Waals surface area contributed by atoms with Crippen LogP contribution < -0.4 is 20.9 Å². The first-order valence-electron chi connectivity index (χ1n) is 12.2. The van der Waals surface area contributed by atoms with E-state index in [1.54, 1.807) is 44.2 Å². The number of nitrogens with two attached hydrogens (primary N) is 1. The molecule has 1 aromatic carbocycles. The highest BCUT2D eigenvalue weighted by atomic mass is 32.5. The largest absolute Gasteiger partial charge is 0.462 e. The Morgan fingerprint density at radius 3 is 2.76 bits per heavy atom. The Morgan fingerprint density at radius 1 is 1.39 bits per heavy atom. The van der Waals surface area contributed by atoms with Crippen molar-refractivity contribution in [2.24, 2.45) is 5.11 Å². The normalized spacial score (nSPS) is 24.5. The standard InChI is InChI=1S/C22H28N9O8PS/c1-11(2)37-20(35)12(3)28-40(41,39-13-7-5-4-6-8-13)36-9-22(29-30-24)16(33)15(32)19(38-22)31-10-25-14-17(31)26-21(23)27-18(14)34/h4-8,10-12,15-16,19,32-33H,9H2,1-3H3,(H,28,41)(H3,23,26,27,34)/t12-,15-,16+,19-,22-,40?/m0/s1. The van der Waals surface area contributed by atoms with Gasteiger partial charge in [0.15, 0.2) is 17.4 Å². The molecule has 0 spiro atoms. The molecule has 17 nitrogen and oxygen atoms in total. The van der Waals surface area contributed by atoms with Crippen LogP contribution in [-0.4, -0.2) is 72.4 Å². The van der Waals surface area contributed by atoms with Crippen molar-refractivity contribution >= 4 is 41.5 Å². The summed E-state index contributed by atoms with van der Waals surface area (Å²) >= 11 is 5.67. The summed E-state index contributed by atoms with van der Waals surface area (Å²) in [4.78, 5) is 37.8. The number of H-pyrrole nitrogens is 1. The van der Waals surface area contributed by atoms with Crippen molar-refractivity contribution < 1.29 is 33.5 Å². The van der Waals surface area contributed by atoms with E-state index in [0.717, 1.165) is 10.9 Å². The molecule has 6 atom stereocenters. The van der Waals surface area contributed by atoms with Crippen LogP contribution >= 0.6 is 6.64 Å². The topological polar surface area (TPSA) is 245 Å². The van der Waals surface area contributed by atoms with Crippen molar-refractivity contribution in [3.8, 4) is 5.75 Å². The van der Waals surface area contributed by atoms with E-state index >= 15 is 0 Å². The Morgan fingerprint density at radius 2 is 2.10 bits per heavy atom. The molecule has 0 bridgehead atoms. The van der Waals surface area contributed by atoms with Crippen molar-refractivity contribution in [3.63, 3.8) is 0 Å². The molecule has 1 saturated heterocycles. The number of azide groups is 1.